The summed E-state index contributed by atoms with van der Waals surface area (Å²) in [5.74, 6) is 1.68. The summed E-state index contributed by atoms with van der Waals surface area (Å²) >= 11 is 1.54. The van der Waals surface area contributed by atoms with E-state index in [1.807, 2.05) is 31.4 Å². The highest BCUT2D eigenvalue weighted by Crippen LogP contribution is 2.30. The minimum atomic E-state index is 0.791. The van der Waals surface area contributed by atoms with Crippen LogP contribution in [0.25, 0.3) is 10.3 Å². The fourth-order valence-electron chi connectivity index (χ4n) is 3.36. The van der Waals surface area contributed by atoms with Gasteiger partial charge in [0.25, 0.3) is 0 Å². The highest BCUT2D eigenvalue weighted by atomic mass is 32.1. The Morgan fingerprint density at radius 1 is 0.935 bits per heavy atom. The molecule has 0 saturated carbocycles. The van der Waals surface area contributed by atoms with Crippen molar-refractivity contribution in [3.05, 3.63) is 65.9 Å². The Kier molecular flexibility index (Phi) is 6.44. The van der Waals surface area contributed by atoms with Crippen molar-refractivity contribution in [3.8, 4) is 0 Å². The van der Waals surface area contributed by atoms with Crippen molar-refractivity contribution in [3.63, 3.8) is 0 Å². The van der Waals surface area contributed by atoms with Gasteiger partial charge in [-0.05, 0) is 55.9 Å². The van der Waals surface area contributed by atoms with Crippen molar-refractivity contribution >= 4 is 44.1 Å². The van der Waals surface area contributed by atoms with Gasteiger partial charge in [-0.1, -0.05) is 48.9 Å². The second-order valence-electron chi connectivity index (χ2n) is 7.55. The molecule has 1 aromatic carbocycles. The molecule has 0 radical (unpaired) electrons. The number of benzene rings is 1. The van der Waals surface area contributed by atoms with Crippen molar-refractivity contribution in [2.24, 2.45) is 0 Å². The summed E-state index contributed by atoms with van der Waals surface area (Å²) in [4.78, 5) is 19.4. The summed E-state index contributed by atoms with van der Waals surface area (Å²) in [5.41, 5.74) is 4.44. The molecule has 0 atom stereocenters. The van der Waals surface area contributed by atoms with Crippen LogP contribution >= 0.6 is 11.3 Å². The smallest absolute Gasteiger partial charge is 0.190 e. The van der Waals surface area contributed by atoms with Gasteiger partial charge in [0.1, 0.15) is 22.0 Å². The molecule has 0 aliphatic rings. The lowest BCUT2D eigenvalue weighted by molar-refractivity contribution is 0.295. The van der Waals surface area contributed by atoms with Gasteiger partial charge in [0.05, 0.1) is 0 Å². The Hall–Kier alpha value is -3.03. The van der Waals surface area contributed by atoms with Gasteiger partial charge in [-0.3, -0.25) is 4.90 Å². The van der Waals surface area contributed by atoms with E-state index >= 15 is 0 Å². The molecule has 6 nitrogen and oxygen atoms in total. The van der Waals surface area contributed by atoms with Crippen LogP contribution < -0.4 is 10.2 Å². The lowest BCUT2D eigenvalue weighted by Crippen LogP contribution is -2.22. The van der Waals surface area contributed by atoms with Gasteiger partial charge in [0, 0.05) is 25.5 Å². The number of anilines is 4. The van der Waals surface area contributed by atoms with Gasteiger partial charge in [0.2, 0.25) is 0 Å². The first kappa shape index (κ1) is 21.2. The first-order valence-electron chi connectivity index (χ1n) is 10.6. The molecule has 31 heavy (non-hydrogen) atoms. The number of hydrogen-bond donors (Lipinski definition) is 1. The zero-order chi connectivity index (χ0) is 21.8. The van der Waals surface area contributed by atoms with E-state index in [0.29, 0.717) is 0 Å². The number of rotatable bonds is 8. The molecule has 0 unspecified atom stereocenters. The monoisotopic (exact) mass is 432 g/mol. The Bertz CT molecular complexity index is 1130. The number of aryl methyl sites for hydroxylation is 1. The van der Waals surface area contributed by atoms with Crippen molar-refractivity contribution in [1.29, 1.82) is 0 Å². The molecule has 0 fully saturated rings. The fraction of sp³-hybridized carbons (Fsp3) is 0.292. The van der Waals surface area contributed by atoms with Crippen LogP contribution in [0.1, 0.15) is 25.0 Å². The Balaban J connectivity index is 1.48. The van der Waals surface area contributed by atoms with Crippen LogP contribution in [-0.2, 0) is 6.54 Å². The van der Waals surface area contributed by atoms with Crippen LogP contribution in [0.15, 0.2) is 54.7 Å². The van der Waals surface area contributed by atoms with E-state index < -0.39 is 0 Å². The molecular formula is C24H28N6S. The summed E-state index contributed by atoms with van der Waals surface area (Å²) in [6.45, 7) is 9.44. The van der Waals surface area contributed by atoms with Crippen LogP contribution in [0.5, 0.6) is 0 Å². The predicted octanol–water partition coefficient (Wildman–Crippen LogP) is 5.75. The van der Waals surface area contributed by atoms with E-state index in [-0.39, 0.29) is 0 Å². The molecule has 0 saturated heterocycles. The van der Waals surface area contributed by atoms with Crippen LogP contribution in [0.4, 0.5) is 22.5 Å². The maximum absolute atomic E-state index is 4.82. The van der Waals surface area contributed by atoms with Crippen molar-refractivity contribution in [1.82, 2.24) is 19.9 Å². The summed E-state index contributed by atoms with van der Waals surface area (Å²) in [6, 6.07) is 16.6. The number of aromatic nitrogens is 3. The number of hydrogen-bond acceptors (Lipinski definition) is 7. The van der Waals surface area contributed by atoms with Gasteiger partial charge in [0.15, 0.2) is 5.13 Å². The fourth-order valence-corrected chi connectivity index (χ4v) is 4.20. The van der Waals surface area contributed by atoms with Gasteiger partial charge in [-0.25, -0.2) is 15.0 Å². The van der Waals surface area contributed by atoms with E-state index in [1.54, 1.807) is 0 Å². The van der Waals surface area contributed by atoms with Crippen molar-refractivity contribution < 1.29 is 0 Å². The average molecular weight is 433 g/mol. The zero-order valence-electron chi connectivity index (χ0n) is 18.5. The number of thiazole rings is 1. The molecule has 3 heterocycles. The van der Waals surface area contributed by atoms with Crippen LogP contribution in [-0.4, -0.2) is 40.0 Å². The quantitative estimate of drug-likeness (QED) is 0.383. The maximum atomic E-state index is 4.82. The van der Waals surface area contributed by atoms with Crippen LogP contribution in [0, 0.1) is 6.92 Å². The summed E-state index contributed by atoms with van der Waals surface area (Å²) in [5, 5.41) is 4.11. The number of nitrogens with one attached hydrogen (secondary N) is 1. The first-order chi connectivity index (χ1) is 15.1. The van der Waals surface area contributed by atoms with Gasteiger partial charge >= 0.3 is 0 Å². The molecule has 0 spiro atoms. The molecule has 4 rings (SSSR count). The van der Waals surface area contributed by atoms with Gasteiger partial charge < -0.3 is 10.2 Å². The Labute approximate surface area is 187 Å². The lowest BCUT2D eigenvalue weighted by atomic mass is 10.2. The summed E-state index contributed by atoms with van der Waals surface area (Å²) in [7, 11) is 2.03. The predicted molar refractivity (Wildman–Crippen MR) is 131 cm³/mol. The number of pyridine rings is 2. The van der Waals surface area contributed by atoms with Crippen LogP contribution in [0.3, 0.4) is 0 Å². The molecule has 1 N–H and O–H groups in total. The largest absolute Gasteiger partial charge is 0.329 e. The normalized spacial score (nSPS) is 11.3. The molecule has 7 heteroatoms. The number of fused-ring (bicyclic) bond motifs is 1. The lowest BCUT2D eigenvalue weighted by Gasteiger charge is -2.18. The van der Waals surface area contributed by atoms with Crippen molar-refractivity contribution in [2.75, 3.05) is 30.4 Å². The molecule has 0 bridgehead atoms. The Morgan fingerprint density at radius 2 is 1.71 bits per heavy atom. The highest BCUT2D eigenvalue weighted by molar-refractivity contribution is 7.21. The molecule has 160 valence electrons. The van der Waals surface area contributed by atoms with Gasteiger partial charge in [-0.2, -0.15) is 0 Å². The molecule has 0 amide bonds. The standard InChI is InChI=1S/C24H28N6S/c1-5-30(6-2)16-18-9-13-21(25-15-18)27-24-26-20-12-14-22(28-23(20)31-24)29(4)19-10-7-17(3)8-11-19/h7-15H,5-6,16H2,1-4H3,(H,25,26,27). The third kappa shape index (κ3) is 5.00. The number of nitrogens with zero attached hydrogens (tertiary/aromatic N) is 5. The second-order valence-corrected chi connectivity index (χ2v) is 8.52. The molecule has 0 aliphatic heterocycles. The van der Waals surface area contributed by atoms with Crippen LogP contribution in [0.2, 0.25) is 0 Å². The second kappa shape index (κ2) is 9.41. The van der Waals surface area contributed by atoms with E-state index in [1.165, 1.54) is 22.5 Å². The Morgan fingerprint density at radius 3 is 2.39 bits per heavy atom. The first-order valence-corrected chi connectivity index (χ1v) is 11.4. The summed E-state index contributed by atoms with van der Waals surface area (Å²) < 4.78 is 0. The SMILES string of the molecule is CCN(CC)Cc1ccc(Nc2nc3ccc(N(C)c4ccc(C)cc4)nc3s2)nc1. The topological polar surface area (TPSA) is 57.2 Å². The minimum Gasteiger partial charge on any atom is -0.329 e. The average Bonchev–Trinajstić information content (AvgIpc) is 3.20. The van der Waals surface area contributed by atoms with Crippen molar-refractivity contribution in [2.45, 2.75) is 27.3 Å². The van der Waals surface area contributed by atoms with Gasteiger partial charge in [-0.15, -0.1) is 0 Å². The van der Waals surface area contributed by atoms with E-state index in [4.69, 9.17) is 4.98 Å². The highest BCUT2D eigenvalue weighted by Gasteiger charge is 2.11. The zero-order valence-corrected chi connectivity index (χ0v) is 19.3. The molecular weight excluding hydrogens is 404 g/mol. The van der Waals surface area contributed by atoms with E-state index in [9.17, 15) is 0 Å². The molecule has 0 aliphatic carbocycles. The van der Waals surface area contributed by atoms with E-state index in [0.717, 1.165) is 52.4 Å². The third-order valence-electron chi connectivity index (χ3n) is 5.37. The minimum absolute atomic E-state index is 0.791. The maximum Gasteiger partial charge on any atom is 0.190 e. The summed E-state index contributed by atoms with van der Waals surface area (Å²) in [6.07, 6.45) is 1.93. The molecule has 3 aromatic heterocycles. The molecule has 4 aromatic rings. The van der Waals surface area contributed by atoms with E-state index in [2.05, 4.69) is 76.2 Å². The third-order valence-corrected chi connectivity index (χ3v) is 6.25.